The van der Waals surface area contributed by atoms with Crippen LogP contribution in [0.25, 0.3) is 0 Å². The molecule has 7 nitrogen and oxygen atoms in total. The van der Waals surface area contributed by atoms with Crippen LogP contribution in [0.1, 0.15) is 44.4 Å². The molecule has 0 aliphatic carbocycles. The number of aliphatic hydroxyl groups excluding tert-OH is 1. The van der Waals surface area contributed by atoms with Crippen LogP contribution < -0.4 is 0 Å². The lowest BCUT2D eigenvalue weighted by molar-refractivity contribution is -0.131. The van der Waals surface area contributed by atoms with Crippen molar-refractivity contribution in [2.45, 2.75) is 51.8 Å². The van der Waals surface area contributed by atoms with Gasteiger partial charge in [-0.05, 0) is 19.4 Å². The van der Waals surface area contributed by atoms with Gasteiger partial charge in [0.05, 0.1) is 12.1 Å². The van der Waals surface area contributed by atoms with E-state index in [1.54, 1.807) is 0 Å². The molecule has 0 saturated carbocycles. The molecule has 1 N–H and O–H groups in total. The molecule has 0 radical (unpaired) electrons. The second-order valence-electron chi connectivity index (χ2n) is 7.20. The predicted molar refractivity (Wildman–Crippen MR) is 85.8 cm³/mol. The Morgan fingerprint density at radius 2 is 2.09 bits per heavy atom. The van der Waals surface area contributed by atoms with E-state index in [2.05, 4.69) is 33.5 Å². The van der Waals surface area contributed by atoms with E-state index >= 15 is 0 Å². The van der Waals surface area contributed by atoms with Crippen LogP contribution in [0.5, 0.6) is 0 Å². The van der Waals surface area contributed by atoms with Crippen LogP contribution in [0.3, 0.4) is 0 Å². The van der Waals surface area contributed by atoms with Crippen molar-refractivity contribution >= 4 is 5.91 Å². The van der Waals surface area contributed by atoms with Crippen LogP contribution >= 0.6 is 0 Å². The number of carbonyl (C=O) groups is 1. The maximum absolute atomic E-state index is 12.3. The van der Waals surface area contributed by atoms with Crippen molar-refractivity contribution in [3.63, 3.8) is 0 Å². The Bertz CT molecular complexity index is 571. The summed E-state index contributed by atoms with van der Waals surface area (Å²) >= 11 is 0. The van der Waals surface area contributed by atoms with Crippen LogP contribution in [0.4, 0.5) is 0 Å². The molecular weight excluding hydrogens is 294 g/mol. The molecule has 1 aromatic rings. The minimum Gasteiger partial charge on any atom is -0.392 e. The number of aliphatic hydroxyl groups is 1. The number of fused-ring (bicyclic) bond motifs is 1. The van der Waals surface area contributed by atoms with Gasteiger partial charge in [-0.3, -0.25) is 9.69 Å². The molecule has 1 amide bonds. The molecule has 2 atom stereocenters. The second kappa shape index (κ2) is 6.57. The smallest absolute Gasteiger partial charge is 0.222 e. The lowest BCUT2D eigenvalue weighted by atomic mass is 10.1. The van der Waals surface area contributed by atoms with Crippen molar-refractivity contribution in [2.75, 3.05) is 26.7 Å². The van der Waals surface area contributed by atoms with Gasteiger partial charge in [0.1, 0.15) is 5.82 Å². The molecule has 0 spiro atoms. The molecule has 23 heavy (non-hydrogen) atoms. The molecule has 3 heterocycles. The highest BCUT2D eigenvalue weighted by Crippen LogP contribution is 2.30. The Morgan fingerprint density at radius 1 is 1.30 bits per heavy atom. The summed E-state index contributed by atoms with van der Waals surface area (Å²) in [5.41, 5.74) is 0. The van der Waals surface area contributed by atoms with Crippen molar-refractivity contribution in [2.24, 2.45) is 5.92 Å². The largest absolute Gasteiger partial charge is 0.392 e. The van der Waals surface area contributed by atoms with E-state index in [0.717, 1.165) is 24.6 Å². The van der Waals surface area contributed by atoms with E-state index in [0.29, 0.717) is 38.4 Å². The van der Waals surface area contributed by atoms with Gasteiger partial charge in [-0.15, -0.1) is 10.2 Å². The van der Waals surface area contributed by atoms with Gasteiger partial charge in [-0.2, -0.15) is 0 Å². The standard InChI is InChI=1S/C16H27N5O2/c1-11(2)8-15(23)20-5-4-14-17-18-16(21(14)7-6-20)13-9-12(22)10-19(13)3/h11-13,22H,4-10H2,1-3H3/t12-,13+/m1/s1. The first-order valence-electron chi connectivity index (χ1n) is 8.53. The number of likely N-dealkylation sites (N-methyl/N-ethyl adjacent to an activating group) is 1. The molecule has 2 aliphatic rings. The zero-order chi connectivity index (χ0) is 16.6. The minimum absolute atomic E-state index is 0.115. The summed E-state index contributed by atoms with van der Waals surface area (Å²) in [6.45, 7) is 6.98. The molecule has 1 fully saturated rings. The lowest BCUT2D eigenvalue weighted by Gasteiger charge is -2.22. The van der Waals surface area contributed by atoms with Gasteiger partial charge < -0.3 is 14.6 Å². The van der Waals surface area contributed by atoms with Crippen LogP contribution in [-0.2, 0) is 17.8 Å². The number of aromatic nitrogens is 3. The van der Waals surface area contributed by atoms with Crippen molar-refractivity contribution in [1.29, 1.82) is 0 Å². The molecule has 0 aromatic carbocycles. The lowest BCUT2D eigenvalue weighted by Crippen LogP contribution is -2.34. The third kappa shape index (κ3) is 3.40. The summed E-state index contributed by atoms with van der Waals surface area (Å²) in [6.07, 6.45) is 1.75. The van der Waals surface area contributed by atoms with Gasteiger partial charge >= 0.3 is 0 Å². The Balaban J connectivity index is 1.73. The molecule has 7 heteroatoms. The Labute approximate surface area is 137 Å². The summed E-state index contributed by atoms with van der Waals surface area (Å²) in [5, 5.41) is 18.6. The normalized spacial score (nSPS) is 25.7. The first-order chi connectivity index (χ1) is 11.0. The van der Waals surface area contributed by atoms with Crippen LogP contribution in [0.2, 0.25) is 0 Å². The number of hydrogen-bond acceptors (Lipinski definition) is 5. The van der Waals surface area contributed by atoms with E-state index in [1.807, 2.05) is 11.9 Å². The minimum atomic E-state index is -0.298. The van der Waals surface area contributed by atoms with Gasteiger partial charge in [0.15, 0.2) is 5.82 Å². The monoisotopic (exact) mass is 321 g/mol. The van der Waals surface area contributed by atoms with Gasteiger partial charge in [0.25, 0.3) is 0 Å². The third-order valence-electron chi connectivity index (χ3n) is 4.81. The average molecular weight is 321 g/mol. The maximum atomic E-state index is 12.3. The molecule has 0 unspecified atom stereocenters. The first-order valence-corrected chi connectivity index (χ1v) is 8.53. The number of hydrogen-bond donors (Lipinski definition) is 1. The molecule has 0 bridgehead atoms. The van der Waals surface area contributed by atoms with Crippen molar-refractivity contribution in [3.05, 3.63) is 11.6 Å². The number of carbonyl (C=O) groups excluding carboxylic acids is 1. The molecule has 128 valence electrons. The van der Waals surface area contributed by atoms with E-state index in [1.165, 1.54) is 0 Å². The van der Waals surface area contributed by atoms with Gasteiger partial charge in [0, 0.05) is 39.0 Å². The molecule has 1 saturated heterocycles. The first kappa shape index (κ1) is 16.4. The quantitative estimate of drug-likeness (QED) is 0.875. The van der Waals surface area contributed by atoms with Crippen molar-refractivity contribution < 1.29 is 9.90 Å². The number of rotatable bonds is 3. The summed E-state index contributed by atoms with van der Waals surface area (Å²) in [5.74, 6) is 2.49. The fourth-order valence-electron chi connectivity index (χ4n) is 3.59. The summed E-state index contributed by atoms with van der Waals surface area (Å²) < 4.78 is 2.15. The number of likely N-dealkylation sites (tertiary alicyclic amines) is 1. The summed E-state index contributed by atoms with van der Waals surface area (Å²) in [6, 6.07) is 0.115. The fraction of sp³-hybridized carbons (Fsp3) is 0.812. The van der Waals surface area contributed by atoms with E-state index in [9.17, 15) is 9.90 Å². The Morgan fingerprint density at radius 3 is 2.74 bits per heavy atom. The van der Waals surface area contributed by atoms with Crippen LogP contribution in [-0.4, -0.2) is 68.4 Å². The highest BCUT2D eigenvalue weighted by Gasteiger charge is 2.34. The molecule has 3 rings (SSSR count). The zero-order valence-electron chi connectivity index (χ0n) is 14.3. The SMILES string of the molecule is CC(C)CC(=O)N1CCc2nnc([C@@H]3C[C@@H](O)CN3C)n2CC1. The predicted octanol–water partition coefficient (Wildman–Crippen LogP) is 0.446. The molecule has 2 aliphatic heterocycles. The van der Waals surface area contributed by atoms with E-state index in [4.69, 9.17) is 0 Å². The Kier molecular flexibility index (Phi) is 4.68. The van der Waals surface area contributed by atoms with Crippen molar-refractivity contribution in [3.8, 4) is 0 Å². The van der Waals surface area contributed by atoms with Gasteiger partial charge in [-0.1, -0.05) is 13.8 Å². The fourth-order valence-corrected chi connectivity index (χ4v) is 3.59. The molecular formula is C16H27N5O2. The number of amides is 1. The second-order valence-corrected chi connectivity index (χ2v) is 7.20. The Hall–Kier alpha value is -1.47. The summed E-state index contributed by atoms with van der Waals surface area (Å²) in [7, 11) is 2.01. The van der Waals surface area contributed by atoms with Gasteiger partial charge in [0.2, 0.25) is 5.91 Å². The summed E-state index contributed by atoms with van der Waals surface area (Å²) in [4.78, 5) is 16.4. The third-order valence-corrected chi connectivity index (χ3v) is 4.81. The molecule has 1 aromatic heterocycles. The number of nitrogens with zero attached hydrogens (tertiary/aromatic N) is 5. The van der Waals surface area contributed by atoms with Crippen molar-refractivity contribution in [1.82, 2.24) is 24.6 Å². The van der Waals surface area contributed by atoms with Crippen LogP contribution in [0, 0.1) is 5.92 Å². The van der Waals surface area contributed by atoms with E-state index in [-0.39, 0.29) is 18.1 Å². The zero-order valence-corrected chi connectivity index (χ0v) is 14.3. The van der Waals surface area contributed by atoms with Crippen LogP contribution in [0.15, 0.2) is 0 Å². The topological polar surface area (TPSA) is 74.5 Å². The highest BCUT2D eigenvalue weighted by molar-refractivity contribution is 5.76. The van der Waals surface area contributed by atoms with E-state index < -0.39 is 0 Å². The number of β-amino-alcohol motifs (C(OH)–C–C–N with tert-alkyl or cyclic N) is 1. The highest BCUT2D eigenvalue weighted by atomic mass is 16.3. The maximum Gasteiger partial charge on any atom is 0.222 e. The van der Waals surface area contributed by atoms with Gasteiger partial charge in [-0.25, -0.2) is 0 Å². The average Bonchev–Trinajstić information content (AvgIpc) is 2.93.